The molecule has 0 amide bonds. The van der Waals surface area contributed by atoms with Gasteiger partial charge in [-0.05, 0) is 29.0 Å². The van der Waals surface area contributed by atoms with Crippen LogP contribution in [0.5, 0.6) is 0 Å². The molecular weight excluding hydrogens is 573 g/mol. The van der Waals surface area contributed by atoms with Crippen LogP contribution in [0.15, 0.2) is 0 Å². The zero-order valence-electron chi connectivity index (χ0n) is 11.7. The van der Waals surface area contributed by atoms with E-state index in [4.69, 9.17) is 20.0 Å². The molecule has 0 aliphatic carbocycles. The molecule has 0 bridgehead atoms. The van der Waals surface area contributed by atoms with Gasteiger partial charge in [-0.3, -0.25) is 0 Å². The molecule has 4 atom stereocenters. The summed E-state index contributed by atoms with van der Waals surface area (Å²) in [7, 11) is -22.7. The summed E-state index contributed by atoms with van der Waals surface area (Å²) in [6.45, 7) is 0.392. The van der Waals surface area contributed by atoms with Gasteiger partial charge in [-0.15, -0.1) is 0 Å². The van der Waals surface area contributed by atoms with Crippen LogP contribution in [-0.4, -0.2) is 30.2 Å². The van der Waals surface area contributed by atoms with Crippen molar-refractivity contribution in [2.75, 3.05) is 0 Å². The Morgan fingerprint density at radius 1 is 0.600 bits per heavy atom. The molecule has 14 nitrogen and oxygen atoms in total. The molecule has 25 heavy (non-hydrogen) atoms. The molecule has 0 saturated carbocycles. The van der Waals surface area contributed by atoms with E-state index in [1.54, 1.807) is 0 Å². The maximum absolute atomic E-state index is 10.1. The van der Waals surface area contributed by atoms with E-state index in [2.05, 4.69) is 0 Å². The van der Waals surface area contributed by atoms with Crippen LogP contribution in [0.4, 0.5) is 0 Å². The van der Waals surface area contributed by atoms with E-state index in [0.29, 0.717) is 0 Å². The minimum atomic E-state index is -5.76. The summed E-state index contributed by atoms with van der Waals surface area (Å²) in [5.74, 6) is 0. The third-order valence-electron chi connectivity index (χ3n) is 2.11. The average Bonchev–Trinajstić information content (AvgIpc) is 2.10. The molecule has 4 N–H and O–H groups in total. The van der Waals surface area contributed by atoms with Crippen molar-refractivity contribution in [3.8, 4) is 0 Å². The van der Waals surface area contributed by atoms with Crippen molar-refractivity contribution in [1.82, 2.24) is 0 Å². The van der Waals surface area contributed by atoms with Crippen LogP contribution in [0.1, 0.15) is 13.8 Å². The van der Waals surface area contributed by atoms with Crippen LogP contribution >= 0.6 is 30.4 Å². The maximum Gasteiger partial charge on any atom is 2.00 e. The Morgan fingerprint density at radius 2 is 0.720 bits per heavy atom. The Labute approximate surface area is 172 Å². The fourth-order valence-corrected chi connectivity index (χ4v) is 2.79. The maximum atomic E-state index is 10.1. The smallest absolute Gasteiger partial charge is 0.808 e. The van der Waals surface area contributed by atoms with E-state index in [-0.39, 0.29) is 64.2 Å². The third-order valence-corrected chi connectivity index (χ3v) is 9.31. The van der Waals surface area contributed by atoms with Gasteiger partial charge >= 0.3 is 50.3 Å². The van der Waals surface area contributed by atoms with Crippen molar-refractivity contribution < 1.29 is 118 Å². The van der Waals surface area contributed by atoms with Gasteiger partial charge in [0.15, 0.2) is 25.4 Å². The van der Waals surface area contributed by atoms with E-state index in [1.165, 1.54) is 0 Å². The van der Waals surface area contributed by atoms with Crippen LogP contribution in [0, 0.1) is 0 Å². The molecule has 0 fully saturated rings. The SMILES string of the molecule is CC(O)(P(=O)([O-])[O-])P(=O)([O-])O.CC(O)(P(=O)([O-])[O-])P(=O)([O-])O.[Co+2].[Co+2].[Co+2]. The first kappa shape index (κ1) is 37.7. The first-order valence-electron chi connectivity index (χ1n) is 4.57. The summed E-state index contributed by atoms with van der Waals surface area (Å²) >= 11 is 0. The summed E-state index contributed by atoms with van der Waals surface area (Å²) in [5.41, 5.74) is 0. The fraction of sp³-hybridized carbons (Fsp3) is 1.00. The normalized spacial score (nSPS) is 21.0. The van der Waals surface area contributed by atoms with Crippen LogP contribution in [-0.2, 0) is 68.6 Å². The van der Waals surface area contributed by atoms with Crippen molar-refractivity contribution in [2.45, 2.75) is 24.0 Å². The quantitative estimate of drug-likeness (QED) is 0.225. The van der Waals surface area contributed by atoms with Crippen molar-refractivity contribution in [2.24, 2.45) is 0 Å². The molecule has 0 heterocycles. The van der Waals surface area contributed by atoms with Gasteiger partial charge in [0.05, 0.1) is 0 Å². The molecule has 0 aliphatic rings. The van der Waals surface area contributed by atoms with Crippen molar-refractivity contribution in [3.63, 3.8) is 0 Å². The molecule has 0 spiro atoms. The van der Waals surface area contributed by atoms with Crippen LogP contribution in [0.3, 0.4) is 0 Å². The van der Waals surface area contributed by atoms with Gasteiger partial charge < -0.3 is 67.6 Å². The largest absolute Gasteiger partial charge is 2.00 e. The van der Waals surface area contributed by atoms with Gasteiger partial charge in [0.1, 0.15) is 0 Å². The number of aliphatic hydroxyl groups is 2. The van der Waals surface area contributed by atoms with E-state index < -0.39 is 40.5 Å². The summed E-state index contributed by atoms with van der Waals surface area (Å²) in [6, 6.07) is 0. The van der Waals surface area contributed by atoms with E-state index >= 15 is 0 Å². The molecule has 157 valence electrons. The average molecular weight is 583 g/mol. The Kier molecular flexibility index (Phi) is 17.0. The Balaban J connectivity index is -0.0000000952. The van der Waals surface area contributed by atoms with E-state index in [9.17, 15) is 47.6 Å². The molecule has 0 aliphatic heterocycles. The molecule has 0 aromatic rings. The first-order chi connectivity index (χ1) is 9.00. The molecular formula is C4H10Co3O14P4. The third kappa shape index (κ3) is 10.4. The van der Waals surface area contributed by atoms with Crippen LogP contribution < -0.4 is 29.4 Å². The zero-order chi connectivity index (χ0) is 19.0. The monoisotopic (exact) mass is 583 g/mol. The number of rotatable bonds is 4. The number of hydrogen-bond acceptors (Lipinski definition) is 12. The summed E-state index contributed by atoms with van der Waals surface area (Å²) in [4.78, 5) is 76.2. The van der Waals surface area contributed by atoms with Crippen LogP contribution in [0.25, 0.3) is 0 Å². The Hall–Kier alpha value is 2.04. The van der Waals surface area contributed by atoms with Gasteiger partial charge in [0.2, 0.25) is 0 Å². The van der Waals surface area contributed by atoms with E-state index in [0.717, 1.165) is 0 Å². The Morgan fingerprint density at radius 3 is 0.720 bits per heavy atom. The second-order valence-electron chi connectivity index (χ2n) is 3.98. The molecule has 4 unspecified atom stereocenters. The van der Waals surface area contributed by atoms with Gasteiger partial charge in [0, 0.05) is 0 Å². The van der Waals surface area contributed by atoms with Crippen LogP contribution in [0.2, 0.25) is 0 Å². The molecule has 0 saturated heterocycles. The van der Waals surface area contributed by atoms with Gasteiger partial charge in [-0.2, -0.15) is 0 Å². The van der Waals surface area contributed by atoms with Gasteiger partial charge in [-0.1, -0.05) is 0 Å². The summed E-state index contributed by atoms with van der Waals surface area (Å²) in [5, 5.41) is 9.70. The predicted octanol–water partition coefficient (Wildman–Crippen LogP) is -5.78. The van der Waals surface area contributed by atoms with Crippen molar-refractivity contribution in [3.05, 3.63) is 0 Å². The Bertz CT molecular complexity index is 479. The van der Waals surface area contributed by atoms with Crippen molar-refractivity contribution in [1.29, 1.82) is 0 Å². The van der Waals surface area contributed by atoms with Crippen molar-refractivity contribution >= 4 is 30.4 Å². The predicted molar refractivity (Wildman–Crippen MR) is 56.1 cm³/mol. The molecule has 3 radical (unpaired) electrons. The standard InChI is InChI=1S/2C2H8O7P2.3Co/c2*1-2(3,10(4,5)6)11(7,8)9;;;/h2*3H,1H3,(H2,4,5,6)(H2,7,8,9);;;/q;;3*+2/p-6. The molecule has 21 heteroatoms. The van der Waals surface area contributed by atoms with Gasteiger partial charge in [0.25, 0.3) is 0 Å². The summed E-state index contributed by atoms with van der Waals surface area (Å²) in [6.07, 6.45) is 0. The molecule has 0 rings (SSSR count). The topological polar surface area (TPSA) is 288 Å². The van der Waals surface area contributed by atoms with Gasteiger partial charge in [-0.25, -0.2) is 0 Å². The first-order valence-corrected chi connectivity index (χ1v) is 10.8. The molecule has 0 aromatic heterocycles. The summed E-state index contributed by atoms with van der Waals surface area (Å²) < 4.78 is 40.1. The zero-order valence-corrected chi connectivity index (χ0v) is 18.4. The number of hydrogen-bond donors (Lipinski definition) is 4. The minimum absolute atomic E-state index is 0. The van der Waals surface area contributed by atoms with E-state index in [1.807, 2.05) is 0 Å². The minimum Gasteiger partial charge on any atom is -0.808 e. The second-order valence-corrected chi connectivity index (χ2v) is 12.2. The second kappa shape index (κ2) is 11.3. The fourth-order valence-electron chi connectivity index (χ4n) is 0.310. The molecule has 0 aromatic carbocycles.